The molecule has 1 aliphatic heterocycles. The highest BCUT2D eigenvalue weighted by molar-refractivity contribution is 5.80. The van der Waals surface area contributed by atoms with Crippen LogP contribution in [0.2, 0.25) is 0 Å². The Balaban J connectivity index is 1.94. The average Bonchev–Trinajstić information content (AvgIpc) is 2.43. The Morgan fingerprint density at radius 3 is 2.68 bits per heavy atom. The topological polar surface area (TPSA) is 50.8 Å². The summed E-state index contributed by atoms with van der Waals surface area (Å²) in [6.45, 7) is 3.66. The summed E-state index contributed by atoms with van der Waals surface area (Å²) in [4.78, 5) is 13.3. The molecule has 1 aromatic carbocycles. The maximum Gasteiger partial charge on any atom is 0.238 e. The highest BCUT2D eigenvalue weighted by Gasteiger charge is 2.15. The molecular weight excluding hydrogens is 244 g/mol. The summed E-state index contributed by atoms with van der Waals surface area (Å²) in [7, 11) is 3.51. The fraction of sp³-hybridized carbons (Fsp3) is 0.500. The second-order valence-corrected chi connectivity index (χ2v) is 4.81. The van der Waals surface area contributed by atoms with Crippen molar-refractivity contribution in [2.24, 2.45) is 0 Å². The first kappa shape index (κ1) is 13.7. The fourth-order valence-electron chi connectivity index (χ4n) is 1.94. The molecule has 5 nitrogen and oxygen atoms in total. The molecule has 0 spiro atoms. The molecule has 5 heteroatoms. The quantitative estimate of drug-likeness (QED) is 0.882. The molecule has 1 aliphatic rings. The van der Waals surface area contributed by atoms with E-state index in [1.165, 1.54) is 0 Å². The number of amides is 1. The van der Waals surface area contributed by atoms with Gasteiger partial charge in [-0.25, -0.2) is 0 Å². The standard InChI is InChI=1S/C14H20N2O3/c1-10(14(17)16(2)3)15-9-11-4-5-12-13(8-11)19-7-6-18-12/h4-5,8,10,15H,6-7,9H2,1-3H3. The van der Waals surface area contributed by atoms with Crippen LogP contribution in [0.15, 0.2) is 18.2 Å². The molecule has 2 rings (SSSR count). The monoisotopic (exact) mass is 264 g/mol. The largest absolute Gasteiger partial charge is 0.486 e. The van der Waals surface area contributed by atoms with Crippen LogP contribution in [-0.2, 0) is 11.3 Å². The first-order valence-electron chi connectivity index (χ1n) is 6.41. The maximum atomic E-state index is 11.7. The van der Waals surface area contributed by atoms with Gasteiger partial charge in [-0.15, -0.1) is 0 Å². The molecule has 19 heavy (non-hydrogen) atoms. The zero-order chi connectivity index (χ0) is 13.8. The van der Waals surface area contributed by atoms with Crippen LogP contribution >= 0.6 is 0 Å². The summed E-state index contributed by atoms with van der Waals surface area (Å²) in [5, 5.41) is 3.20. The molecule has 1 unspecified atom stereocenters. The predicted molar refractivity (Wildman–Crippen MR) is 72.4 cm³/mol. The molecule has 104 valence electrons. The Hall–Kier alpha value is -1.75. The third-order valence-electron chi connectivity index (χ3n) is 3.03. The van der Waals surface area contributed by atoms with Gasteiger partial charge >= 0.3 is 0 Å². The lowest BCUT2D eigenvalue weighted by atomic mass is 10.1. The number of rotatable bonds is 4. The number of hydrogen-bond acceptors (Lipinski definition) is 4. The van der Waals surface area contributed by atoms with Crippen LogP contribution in [0, 0.1) is 0 Å². The first-order chi connectivity index (χ1) is 9.08. The molecule has 0 saturated heterocycles. The smallest absolute Gasteiger partial charge is 0.238 e. The number of carbonyl (C=O) groups excluding carboxylic acids is 1. The molecule has 1 amide bonds. The third kappa shape index (κ3) is 3.38. The van der Waals surface area contributed by atoms with E-state index in [2.05, 4.69) is 5.32 Å². The second-order valence-electron chi connectivity index (χ2n) is 4.81. The van der Waals surface area contributed by atoms with Crippen molar-refractivity contribution in [2.75, 3.05) is 27.3 Å². The van der Waals surface area contributed by atoms with Gasteiger partial charge in [0.2, 0.25) is 5.91 Å². The van der Waals surface area contributed by atoms with E-state index in [-0.39, 0.29) is 11.9 Å². The van der Waals surface area contributed by atoms with Gasteiger partial charge < -0.3 is 19.7 Å². The van der Waals surface area contributed by atoms with Crippen LogP contribution in [0.1, 0.15) is 12.5 Å². The van der Waals surface area contributed by atoms with E-state index in [4.69, 9.17) is 9.47 Å². The Morgan fingerprint density at radius 2 is 2.00 bits per heavy atom. The molecule has 1 aromatic rings. The van der Waals surface area contributed by atoms with Gasteiger partial charge in [0.15, 0.2) is 11.5 Å². The molecule has 0 saturated carbocycles. The highest BCUT2D eigenvalue weighted by Crippen LogP contribution is 2.30. The van der Waals surface area contributed by atoms with E-state index in [0.717, 1.165) is 17.1 Å². The van der Waals surface area contributed by atoms with Gasteiger partial charge in [-0.1, -0.05) is 6.07 Å². The molecule has 1 N–H and O–H groups in total. The zero-order valence-electron chi connectivity index (χ0n) is 11.6. The fourth-order valence-corrected chi connectivity index (χ4v) is 1.94. The van der Waals surface area contributed by atoms with Gasteiger partial charge in [0.1, 0.15) is 13.2 Å². The minimum atomic E-state index is -0.205. The summed E-state index contributed by atoms with van der Waals surface area (Å²) < 4.78 is 11.0. The lowest BCUT2D eigenvalue weighted by Crippen LogP contribution is -2.41. The van der Waals surface area contributed by atoms with E-state index in [9.17, 15) is 4.79 Å². The summed E-state index contributed by atoms with van der Waals surface area (Å²) in [5.41, 5.74) is 1.07. The maximum absolute atomic E-state index is 11.7. The Morgan fingerprint density at radius 1 is 1.32 bits per heavy atom. The van der Waals surface area contributed by atoms with Crippen molar-refractivity contribution in [2.45, 2.75) is 19.5 Å². The van der Waals surface area contributed by atoms with Crippen molar-refractivity contribution < 1.29 is 14.3 Å². The summed E-state index contributed by atoms with van der Waals surface area (Å²) >= 11 is 0. The zero-order valence-corrected chi connectivity index (χ0v) is 11.6. The number of hydrogen-bond donors (Lipinski definition) is 1. The Kier molecular flexibility index (Phi) is 4.27. The number of likely N-dealkylation sites (N-methyl/N-ethyl adjacent to an activating group) is 1. The van der Waals surface area contributed by atoms with E-state index >= 15 is 0 Å². The van der Waals surface area contributed by atoms with E-state index < -0.39 is 0 Å². The molecule has 0 aromatic heterocycles. The molecule has 1 heterocycles. The molecular formula is C14H20N2O3. The van der Waals surface area contributed by atoms with Crippen molar-refractivity contribution in [3.63, 3.8) is 0 Å². The normalized spacial score (nSPS) is 14.9. The van der Waals surface area contributed by atoms with Gasteiger partial charge in [0, 0.05) is 20.6 Å². The van der Waals surface area contributed by atoms with Crippen molar-refractivity contribution in [1.82, 2.24) is 10.2 Å². The highest BCUT2D eigenvalue weighted by atomic mass is 16.6. The minimum absolute atomic E-state index is 0.0672. The lowest BCUT2D eigenvalue weighted by molar-refractivity contribution is -0.130. The SMILES string of the molecule is CC(NCc1ccc2c(c1)OCCO2)C(=O)N(C)C. The van der Waals surface area contributed by atoms with Crippen LogP contribution in [0.25, 0.3) is 0 Å². The second kappa shape index (κ2) is 5.93. The van der Waals surface area contributed by atoms with Crippen LogP contribution in [0.5, 0.6) is 11.5 Å². The van der Waals surface area contributed by atoms with E-state index in [1.54, 1.807) is 19.0 Å². The third-order valence-corrected chi connectivity index (χ3v) is 3.03. The van der Waals surface area contributed by atoms with Crippen LogP contribution in [0.4, 0.5) is 0 Å². The molecule has 0 radical (unpaired) electrons. The van der Waals surface area contributed by atoms with Crippen molar-refractivity contribution in [1.29, 1.82) is 0 Å². The van der Waals surface area contributed by atoms with Crippen LogP contribution < -0.4 is 14.8 Å². The van der Waals surface area contributed by atoms with Gasteiger partial charge in [-0.3, -0.25) is 4.79 Å². The van der Waals surface area contributed by atoms with Gasteiger partial charge in [-0.2, -0.15) is 0 Å². The predicted octanol–water partition coefficient (Wildman–Crippen LogP) is 1.02. The Bertz CT molecular complexity index is 460. The van der Waals surface area contributed by atoms with Crippen molar-refractivity contribution >= 4 is 5.91 Å². The molecule has 0 aliphatic carbocycles. The number of fused-ring (bicyclic) bond motifs is 1. The van der Waals surface area contributed by atoms with Crippen LogP contribution in [-0.4, -0.2) is 44.2 Å². The van der Waals surface area contributed by atoms with Crippen molar-refractivity contribution in [3.8, 4) is 11.5 Å². The summed E-state index contributed by atoms with van der Waals surface area (Å²) in [5.74, 6) is 1.63. The number of nitrogens with one attached hydrogen (secondary N) is 1. The molecule has 0 bridgehead atoms. The average molecular weight is 264 g/mol. The Labute approximate surface area is 113 Å². The lowest BCUT2D eigenvalue weighted by Gasteiger charge is -2.20. The van der Waals surface area contributed by atoms with Crippen molar-refractivity contribution in [3.05, 3.63) is 23.8 Å². The molecule has 0 fully saturated rings. The summed E-state index contributed by atoms with van der Waals surface area (Å²) in [6.07, 6.45) is 0. The first-order valence-corrected chi connectivity index (χ1v) is 6.41. The van der Waals surface area contributed by atoms with Gasteiger partial charge in [0.05, 0.1) is 6.04 Å². The van der Waals surface area contributed by atoms with E-state index in [1.807, 2.05) is 25.1 Å². The van der Waals surface area contributed by atoms with Gasteiger partial charge in [0.25, 0.3) is 0 Å². The molecule has 1 atom stereocenters. The number of benzene rings is 1. The number of nitrogens with zero attached hydrogens (tertiary/aromatic N) is 1. The number of ether oxygens (including phenoxy) is 2. The summed E-state index contributed by atoms with van der Waals surface area (Å²) in [6, 6.07) is 5.63. The van der Waals surface area contributed by atoms with Crippen LogP contribution in [0.3, 0.4) is 0 Å². The van der Waals surface area contributed by atoms with E-state index in [0.29, 0.717) is 19.8 Å². The minimum Gasteiger partial charge on any atom is -0.486 e. The number of carbonyl (C=O) groups is 1. The van der Waals surface area contributed by atoms with Gasteiger partial charge in [-0.05, 0) is 24.6 Å².